The van der Waals surface area contributed by atoms with E-state index in [2.05, 4.69) is 5.32 Å². The fourth-order valence-corrected chi connectivity index (χ4v) is 3.26. The van der Waals surface area contributed by atoms with E-state index in [-0.39, 0.29) is 11.7 Å². The molecule has 2 amide bonds. The molecular weight excluding hydrogens is 329 g/mol. The summed E-state index contributed by atoms with van der Waals surface area (Å²) in [6.07, 6.45) is -2.88. The first-order valence-corrected chi connectivity index (χ1v) is 8.16. The fraction of sp³-hybridized carbons (Fsp3) is 0.316. The molecule has 2 aromatic carbocycles. The van der Waals surface area contributed by atoms with Crippen molar-refractivity contribution in [1.82, 2.24) is 4.90 Å². The van der Waals surface area contributed by atoms with Crippen molar-refractivity contribution in [1.29, 1.82) is 0 Å². The molecule has 1 aliphatic rings. The number of nitrogens with one attached hydrogen (secondary N) is 1. The molecule has 1 atom stereocenters. The van der Waals surface area contributed by atoms with Crippen LogP contribution in [0.4, 0.5) is 23.7 Å². The molecule has 0 aromatic heterocycles. The Labute approximate surface area is 144 Å². The van der Waals surface area contributed by atoms with E-state index in [1.165, 1.54) is 18.2 Å². The Kier molecular flexibility index (Phi) is 4.70. The van der Waals surface area contributed by atoms with E-state index in [9.17, 15) is 18.0 Å². The van der Waals surface area contributed by atoms with E-state index in [0.29, 0.717) is 6.54 Å². The van der Waals surface area contributed by atoms with Gasteiger partial charge in [0.25, 0.3) is 0 Å². The summed E-state index contributed by atoms with van der Waals surface area (Å²) < 4.78 is 39.3. The number of benzene rings is 2. The lowest BCUT2D eigenvalue weighted by Gasteiger charge is -2.26. The molecule has 1 fully saturated rings. The fourth-order valence-electron chi connectivity index (χ4n) is 3.26. The molecule has 2 aromatic rings. The van der Waals surface area contributed by atoms with Crippen molar-refractivity contribution in [2.24, 2.45) is 0 Å². The number of aryl methyl sites for hydroxylation is 1. The first kappa shape index (κ1) is 17.3. The van der Waals surface area contributed by atoms with E-state index < -0.39 is 17.8 Å². The Bertz CT molecular complexity index is 773. The van der Waals surface area contributed by atoms with Crippen molar-refractivity contribution in [2.75, 3.05) is 11.9 Å². The molecule has 0 saturated carbocycles. The number of hydrogen-bond donors (Lipinski definition) is 1. The highest BCUT2D eigenvalue weighted by molar-refractivity contribution is 5.90. The number of rotatable bonds is 2. The molecule has 0 spiro atoms. The lowest BCUT2D eigenvalue weighted by molar-refractivity contribution is -0.136. The van der Waals surface area contributed by atoms with Gasteiger partial charge in [-0.05, 0) is 37.5 Å². The summed E-state index contributed by atoms with van der Waals surface area (Å²) in [6.45, 7) is 2.50. The molecule has 3 rings (SSSR count). The number of nitrogens with zero attached hydrogens (tertiary/aromatic N) is 1. The van der Waals surface area contributed by atoms with Crippen LogP contribution >= 0.6 is 0 Å². The van der Waals surface area contributed by atoms with Crippen LogP contribution in [0.25, 0.3) is 0 Å². The molecule has 6 heteroatoms. The van der Waals surface area contributed by atoms with Gasteiger partial charge in [-0.15, -0.1) is 0 Å². The number of carbonyl (C=O) groups is 1. The van der Waals surface area contributed by atoms with Crippen LogP contribution in [0.1, 0.15) is 35.6 Å². The Morgan fingerprint density at radius 2 is 1.92 bits per heavy atom. The van der Waals surface area contributed by atoms with Gasteiger partial charge in [-0.2, -0.15) is 13.2 Å². The Balaban J connectivity index is 1.82. The molecule has 0 unspecified atom stereocenters. The largest absolute Gasteiger partial charge is 0.418 e. The van der Waals surface area contributed by atoms with Crippen molar-refractivity contribution >= 4 is 11.7 Å². The van der Waals surface area contributed by atoms with E-state index >= 15 is 0 Å². The lowest BCUT2D eigenvalue weighted by Crippen LogP contribution is -2.35. The third kappa shape index (κ3) is 3.78. The van der Waals surface area contributed by atoms with E-state index in [0.717, 1.165) is 30.0 Å². The second-order valence-corrected chi connectivity index (χ2v) is 6.24. The van der Waals surface area contributed by atoms with Crippen LogP contribution in [0, 0.1) is 6.92 Å². The van der Waals surface area contributed by atoms with Crippen LogP contribution in [0.3, 0.4) is 0 Å². The Morgan fingerprint density at radius 3 is 2.64 bits per heavy atom. The monoisotopic (exact) mass is 348 g/mol. The molecule has 132 valence electrons. The number of anilines is 1. The molecule has 0 aliphatic carbocycles. The SMILES string of the molecule is Cc1cccc([C@@H]2CCCN2C(=O)Nc2ccccc2C(F)(F)F)c1. The number of para-hydroxylation sites is 1. The summed E-state index contributed by atoms with van der Waals surface area (Å²) in [5, 5.41) is 2.44. The number of urea groups is 1. The predicted molar refractivity (Wildman–Crippen MR) is 90.3 cm³/mol. The van der Waals surface area contributed by atoms with Crippen LogP contribution in [-0.4, -0.2) is 17.5 Å². The van der Waals surface area contributed by atoms with Gasteiger partial charge in [0.15, 0.2) is 0 Å². The van der Waals surface area contributed by atoms with Gasteiger partial charge in [0.2, 0.25) is 0 Å². The first-order chi connectivity index (χ1) is 11.9. The predicted octanol–water partition coefficient (Wildman–Crippen LogP) is 5.38. The highest BCUT2D eigenvalue weighted by Gasteiger charge is 2.35. The van der Waals surface area contributed by atoms with Crippen molar-refractivity contribution in [2.45, 2.75) is 32.0 Å². The maximum absolute atomic E-state index is 13.1. The average molecular weight is 348 g/mol. The molecule has 25 heavy (non-hydrogen) atoms. The van der Waals surface area contributed by atoms with Crippen LogP contribution in [0.2, 0.25) is 0 Å². The van der Waals surface area contributed by atoms with E-state index in [4.69, 9.17) is 0 Å². The van der Waals surface area contributed by atoms with Crippen LogP contribution in [0.15, 0.2) is 48.5 Å². The second kappa shape index (κ2) is 6.78. The normalized spacial score (nSPS) is 17.6. The van der Waals surface area contributed by atoms with Gasteiger partial charge >= 0.3 is 12.2 Å². The molecule has 0 bridgehead atoms. The zero-order valence-corrected chi connectivity index (χ0v) is 13.8. The smallest absolute Gasteiger partial charge is 0.317 e. The highest BCUT2D eigenvalue weighted by Crippen LogP contribution is 2.36. The van der Waals surface area contributed by atoms with Gasteiger partial charge in [0, 0.05) is 6.54 Å². The van der Waals surface area contributed by atoms with Gasteiger partial charge in [-0.3, -0.25) is 0 Å². The number of hydrogen-bond acceptors (Lipinski definition) is 1. The minimum atomic E-state index is -4.51. The van der Waals surface area contributed by atoms with Gasteiger partial charge in [0.1, 0.15) is 0 Å². The van der Waals surface area contributed by atoms with Gasteiger partial charge < -0.3 is 10.2 Å². The zero-order chi connectivity index (χ0) is 18.0. The zero-order valence-electron chi connectivity index (χ0n) is 13.8. The van der Waals surface area contributed by atoms with E-state index in [1.807, 2.05) is 31.2 Å². The summed E-state index contributed by atoms with van der Waals surface area (Å²) in [4.78, 5) is 14.2. The minimum absolute atomic E-state index is 0.113. The van der Waals surface area contributed by atoms with Gasteiger partial charge in [0.05, 0.1) is 17.3 Å². The van der Waals surface area contributed by atoms with Crippen molar-refractivity contribution in [3.05, 3.63) is 65.2 Å². The summed E-state index contributed by atoms with van der Waals surface area (Å²) >= 11 is 0. The second-order valence-electron chi connectivity index (χ2n) is 6.24. The van der Waals surface area contributed by atoms with Crippen molar-refractivity contribution in [3.8, 4) is 0 Å². The van der Waals surface area contributed by atoms with E-state index in [1.54, 1.807) is 4.90 Å². The summed E-state index contributed by atoms with van der Waals surface area (Å²) in [6, 6.07) is 12.3. The standard InChI is InChI=1S/C19H19F3N2O/c1-13-6-4-7-14(12-13)17-10-5-11-24(17)18(25)23-16-9-3-2-8-15(16)19(20,21)22/h2-4,6-9,12,17H,5,10-11H2,1H3,(H,23,25)/t17-/m0/s1. The number of halogens is 3. The number of alkyl halides is 3. The third-order valence-electron chi connectivity index (χ3n) is 4.41. The van der Waals surface area contributed by atoms with Crippen molar-refractivity contribution in [3.63, 3.8) is 0 Å². The summed E-state index contributed by atoms with van der Waals surface area (Å²) in [5.74, 6) is 0. The maximum Gasteiger partial charge on any atom is 0.418 e. The molecule has 3 nitrogen and oxygen atoms in total. The molecule has 1 N–H and O–H groups in total. The summed E-state index contributed by atoms with van der Waals surface area (Å²) in [5.41, 5.74) is 1.05. The maximum atomic E-state index is 13.1. The van der Waals surface area contributed by atoms with Crippen molar-refractivity contribution < 1.29 is 18.0 Å². The topological polar surface area (TPSA) is 32.3 Å². The average Bonchev–Trinajstić information content (AvgIpc) is 3.04. The molecule has 1 aliphatic heterocycles. The third-order valence-corrected chi connectivity index (χ3v) is 4.41. The number of likely N-dealkylation sites (tertiary alicyclic amines) is 1. The molecule has 0 radical (unpaired) electrons. The molecular formula is C19H19F3N2O. The number of carbonyl (C=O) groups excluding carboxylic acids is 1. The Morgan fingerprint density at radius 1 is 1.16 bits per heavy atom. The quantitative estimate of drug-likeness (QED) is 0.776. The Hall–Kier alpha value is -2.50. The minimum Gasteiger partial charge on any atom is -0.317 e. The first-order valence-electron chi connectivity index (χ1n) is 8.16. The van der Waals surface area contributed by atoms with Crippen LogP contribution < -0.4 is 5.32 Å². The highest BCUT2D eigenvalue weighted by atomic mass is 19.4. The van der Waals surface area contributed by atoms with Crippen LogP contribution in [-0.2, 0) is 6.18 Å². The van der Waals surface area contributed by atoms with Gasteiger partial charge in [-0.1, -0.05) is 42.0 Å². The van der Waals surface area contributed by atoms with Gasteiger partial charge in [-0.25, -0.2) is 4.79 Å². The van der Waals surface area contributed by atoms with Crippen LogP contribution in [0.5, 0.6) is 0 Å². The lowest BCUT2D eigenvalue weighted by atomic mass is 10.0. The molecule has 1 saturated heterocycles. The molecule has 1 heterocycles. The number of amides is 2. The summed E-state index contributed by atoms with van der Waals surface area (Å²) in [7, 11) is 0.